The highest BCUT2D eigenvalue weighted by atomic mass is 32.2. The number of benzene rings is 1. The van der Waals surface area contributed by atoms with Crippen LogP contribution in [0.25, 0.3) is 5.69 Å². The molecule has 0 aliphatic heterocycles. The van der Waals surface area contributed by atoms with Gasteiger partial charge in [0.2, 0.25) is 0 Å². The van der Waals surface area contributed by atoms with E-state index in [9.17, 15) is 12.8 Å². The Kier molecular flexibility index (Phi) is 5.54. The van der Waals surface area contributed by atoms with Gasteiger partial charge in [-0.15, -0.1) is 0 Å². The summed E-state index contributed by atoms with van der Waals surface area (Å²) in [6.45, 7) is 5.96. The zero-order chi connectivity index (χ0) is 17.0. The van der Waals surface area contributed by atoms with E-state index in [4.69, 9.17) is 0 Å². The second-order valence-corrected chi connectivity index (χ2v) is 7.96. The number of nitrogens with zero attached hydrogens (tertiary/aromatic N) is 2. The molecule has 0 bridgehead atoms. The van der Waals surface area contributed by atoms with Crippen molar-refractivity contribution in [2.45, 2.75) is 26.8 Å². The summed E-state index contributed by atoms with van der Waals surface area (Å²) >= 11 is 0. The van der Waals surface area contributed by atoms with E-state index in [1.54, 1.807) is 29.9 Å². The molecule has 0 spiro atoms. The number of aromatic nitrogens is 2. The molecule has 2 aromatic rings. The fourth-order valence-electron chi connectivity index (χ4n) is 2.38. The van der Waals surface area contributed by atoms with E-state index < -0.39 is 9.84 Å². The second kappa shape index (κ2) is 7.23. The van der Waals surface area contributed by atoms with E-state index in [1.165, 1.54) is 12.1 Å². The van der Waals surface area contributed by atoms with Gasteiger partial charge in [0, 0.05) is 29.6 Å². The number of sulfone groups is 1. The predicted octanol–water partition coefficient (Wildman–Crippen LogP) is 2.41. The standard InChI is InChI=1S/C16H22FN3O2S/c1-4-23(21,22)10-9-18-12(2)16-11-19-20(13(16)3)15-7-5-14(17)6-8-15/h5-8,11-12,18H,4,9-10H2,1-3H3. The quantitative estimate of drug-likeness (QED) is 0.841. The van der Waals surface area contributed by atoms with E-state index in [0.29, 0.717) is 6.54 Å². The first-order valence-corrected chi connectivity index (χ1v) is 9.40. The average molecular weight is 339 g/mol. The molecule has 0 aliphatic rings. The Labute approximate surface area is 136 Å². The van der Waals surface area contributed by atoms with Crippen molar-refractivity contribution in [3.05, 3.63) is 47.5 Å². The first-order valence-electron chi connectivity index (χ1n) is 7.58. The van der Waals surface area contributed by atoms with Crippen LogP contribution in [0, 0.1) is 12.7 Å². The Morgan fingerprint density at radius 2 is 1.96 bits per heavy atom. The van der Waals surface area contributed by atoms with Crippen molar-refractivity contribution in [1.29, 1.82) is 0 Å². The maximum absolute atomic E-state index is 13.0. The van der Waals surface area contributed by atoms with Crippen molar-refractivity contribution < 1.29 is 12.8 Å². The molecular formula is C16H22FN3O2S. The van der Waals surface area contributed by atoms with Crippen LogP contribution in [-0.2, 0) is 9.84 Å². The molecule has 1 atom stereocenters. The number of halogens is 1. The Hall–Kier alpha value is -1.73. The van der Waals surface area contributed by atoms with Crippen LogP contribution >= 0.6 is 0 Å². The summed E-state index contributed by atoms with van der Waals surface area (Å²) in [5, 5.41) is 7.56. The number of hydrogen-bond acceptors (Lipinski definition) is 4. The summed E-state index contributed by atoms with van der Waals surface area (Å²) in [6, 6.07) is 6.12. The van der Waals surface area contributed by atoms with Gasteiger partial charge in [0.1, 0.15) is 5.82 Å². The molecule has 0 radical (unpaired) electrons. The third-order valence-corrected chi connectivity index (χ3v) is 5.59. The maximum atomic E-state index is 13.0. The van der Waals surface area contributed by atoms with Crippen LogP contribution in [-0.4, -0.2) is 36.2 Å². The molecule has 0 amide bonds. The third kappa shape index (κ3) is 4.39. The Morgan fingerprint density at radius 1 is 1.30 bits per heavy atom. The molecule has 126 valence electrons. The van der Waals surface area contributed by atoms with Crippen LogP contribution in [0.1, 0.15) is 31.1 Å². The van der Waals surface area contributed by atoms with Gasteiger partial charge in [-0.05, 0) is 38.1 Å². The lowest BCUT2D eigenvalue weighted by molar-refractivity contribution is 0.571. The zero-order valence-electron chi connectivity index (χ0n) is 13.6. The summed E-state index contributed by atoms with van der Waals surface area (Å²) < 4.78 is 37.8. The maximum Gasteiger partial charge on any atom is 0.151 e. The van der Waals surface area contributed by atoms with Gasteiger partial charge in [0.25, 0.3) is 0 Å². The normalized spacial score (nSPS) is 13.2. The minimum absolute atomic E-state index is 0.0174. The number of hydrogen-bond donors (Lipinski definition) is 1. The smallest absolute Gasteiger partial charge is 0.151 e. The molecule has 5 nitrogen and oxygen atoms in total. The minimum Gasteiger partial charge on any atom is -0.309 e. The van der Waals surface area contributed by atoms with Crippen molar-refractivity contribution in [3.8, 4) is 5.69 Å². The first-order chi connectivity index (χ1) is 10.8. The molecule has 1 unspecified atom stereocenters. The zero-order valence-corrected chi connectivity index (χ0v) is 14.4. The lowest BCUT2D eigenvalue weighted by Crippen LogP contribution is -2.26. The van der Waals surface area contributed by atoms with Crippen molar-refractivity contribution in [2.24, 2.45) is 0 Å². The van der Waals surface area contributed by atoms with Gasteiger partial charge in [0.15, 0.2) is 9.84 Å². The van der Waals surface area contributed by atoms with E-state index in [0.717, 1.165) is 16.9 Å². The van der Waals surface area contributed by atoms with E-state index >= 15 is 0 Å². The molecule has 0 aliphatic carbocycles. The second-order valence-electron chi connectivity index (χ2n) is 5.49. The SMILES string of the molecule is CCS(=O)(=O)CCNC(C)c1cnn(-c2ccc(F)cc2)c1C. The van der Waals surface area contributed by atoms with E-state index in [1.807, 2.05) is 13.8 Å². The third-order valence-electron chi connectivity index (χ3n) is 3.89. The van der Waals surface area contributed by atoms with Gasteiger partial charge < -0.3 is 5.32 Å². The molecule has 2 rings (SSSR count). The molecule has 1 N–H and O–H groups in total. The molecule has 1 heterocycles. The van der Waals surface area contributed by atoms with Crippen LogP contribution in [0.15, 0.2) is 30.5 Å². The molecule has 0 fully saturated rings. The van der Waals surface area contributed by atoms with Crippen LogP contribution in [0.3, 0.4) is 0 Å². The predicted molar refractivity (Wildman–Crippen MR) is 89.0 cm³/mol. The highest BCUT2D eigenvalue weighted by Crippen LogP contribution is 2.20. The van der Waals surface area contributed by atoms with Crippen LogP contribution < -0.4 is 5.32 Å². The summed E-state index contributed by atoms with van der Waals surface area (Å²) in [5.74, 6) is -0.00483. The van der Waals surface area contributed by atoms with E-state index in [2.05, 4.69) is 10.4 Å². The van der Waals surface area contributed by atoms with Gasteiger partial charge >= 0.3 is 0 Å². The van der Waals surface area contributed by atoms with E-state index in [-0.39, 0.29) is 23.4 Å². The Morgan fingerprint density at radius 3 is 2.57 bits per heavy atom. The molecule has 1 aromatic carbocycles. The molecule has 0 saturated carbocycles. The lowest BCUT2D eigenvalue weighted by atomic mass is 10.1. The van der Waals surface area contributed by atoms with Crippen molar-refractivity contribution in [1.82, 2.24) is 15.1 Å². The molecule has 0 saturated heterocycles. The number of nitrogens with one attached hydrogen (secondary N) is 1. The van der Waals surface area contributed by atoms with Crippen LogP contribution in [0.2, 0.25) is 0 Å². The largest absolute Gasteiger partial charge is 0.309 e. The lowest BCUT2D eigenvalue weighted by Gasteiger charge is -2.14. The van der Waals surface area contributed by atoms with Gasteiger partial charge in [-0.1, -0.05) is 6.92 Å². The van der Waals surface area contributed by atoms with Gasteiger partial charge in [-0.25, -0.2) is 17.5 Å². The molecule has 7 heteroatoms. The Bertz CT molecular complexity index is 754. The van der Waals surface area contributed by atoms with Crippen molar-refractivity contribution in [2.75, 3.05) is 18.1 Å². The first kappa shape index (κ1) is 17.6. The monoisotopic (exact) mass is 339 g/mol. The highest BCUT2D eigenvalue weighted by molar-refractivity contribution is 7.91. The van der Waals surface area contributed by atoms with Crippen molar-refractivity contribution in [3.63, 3.8) is 0 Å². The van der Waals surface area contributed by atoms with Gasteiger partial charge in [-0.2, -0.15) is 5.10 Å². The summed E-state index contributed by atoms with van der Waals surface area (Å²) in [5.41, 5.74) is 2.72. The minimum atomic E-state index is -2.97. The topological polar surface area (TPSA) is 64.0 Å². The van der Waals surface area contributed by atoms with Crippen LogP contribution in [0.4, 0.5) is 4.39 Å². The summed E-state index contributed by atoms with van der Waals surface area (Å²) in [7, 11) is -2.97. The summed E-state index contributed by atoms with van der Waals surface area (Å²) in [6.07, 6.45) is 1.75. The average Bonchev–Trinajstić information content (AvgIpc) is 2.89. The Balaban J connectivity index is 2.08. The fourth-order valence-corrected chi connectivity index (χ4v) is 3.09. The van der Waals surface area contributed by atoms with Crippen molar-refractivity contribution >= 4 is 9.84 Å². The number of rotatable bonds is 7. The van der Waals surface area contributed by atoms with Gasteiger partial charge in [-0.3, -0.25) is 0 Å². The van der Waals surface area contributed by atoms with Gasteiger partial charge in [0.05, 0.1) is 17.6 Å². The summed E-state index contributed by atoms with van der Waals surface area (Å²) in [4.78, 5) is 0. The molecule has 23 heavy (non-hydrogen) atoms. The highest BCUT2D eigenvalue weighted by Gasteiger charge is 2.15. The molecular weight excluding hydrogens is 317 g/mol. The molecule has 1 aromatic heterocycles. The van der Waals surface area contributed by atoms with Crippen LogP contribution in [0.5, 0.6) is 0 Å². The fraction of sp³-hybridized carbons (Fsp3) is 0.438.